The lowest BCUT2D eigenvalue weighted by atomic mass is 10.2. The van der Waals surface area contributed by atoms with E-state index in [1.54, 1.807) is 0 Å². The number of hydrogen-bond acceptors (Lipinski definition) is 3. The van der Waals surface area contributed by atoms with Crippen molar-refractivity contribution in [2.24, 2.45) is 5.11 Å². The molecule has 0 radical (unpaired) electrons. The molecule has 0 unspecified atom stereocenters. The largest absolute Gasteiger partial charge is 0.391 e. The van der Waals surface area contributed by atoms with E-state index in [4.69, 9.17) is 10.6 Å². The second-order valence-corrected chi connectivity index (χ2v) is 2.00. The fourth-order valence-electron chi connectivity index (χ4n) is 0.835. The average molecular weight is 201 g/mol. The maximum Gasteiger partial charge on any atom is 0.0770 e. The minimum Gasteiger partial charge on any atom is -0.391 e. The minimum absolute atomic E-state index is 0. The number of aliphatic hydroxyl groups excluding tert-OH is 1. The topological polar surface area (TPSA) is 81.0 Å². The fourth-order valence-corrected chi connectivity index (χ4v) is 0.835. The Morgan fingerprint density at radius 1 is 1.45 bits per heavy atom. The Balaban J connectivity index is 0. The van der Waals surface area contributed by atoms with Gasteiger partial charge in [0.25, 0.3) is 0 Å². The van der Waals surface area contributed by atoms with E-state index in [-0.39, 0.29) is 30.9 Å². The summed E-state index contributed by atoms with van der Waals surface area (Å²) in [4.78, 5) is 2.59. The van der Waals surface area contributed by atoms with Crippen LogP contribution in [0.15, 0.2) is 5.11 Å². The highest BCUT2D eigenvalue weighted by molar-refractivity contribution is 5.85. The van der Waals surface area contributed by atoms with Crippen LogP contribution in [-0.2, 0) is 0 Å². The minimum atomic E-state index is -0.499. The number of azide groups is 1. The van der Waals surface area contributed by atoms with Crippen molar-refractivity contribution < 1.29 is 5.11 Å². The normalized spacial score (nSPS) is 27.7. The van der Waals surface area contributed by atoms with Gasteiger partial charge in [-0.05, 0) is 5.53 Å². The molecule has 0 bridgehead atoms. The molecule has 1 saturated heterocycles. The molecule has 2 N–H and O–H groups in total. The van der Waals surface area contributed by atoms with Crippen LogP contribution in [0.3, 0.4) is 0 Å². The molecule has 0 spiro atoms. The molecule has 0 aromatic carbocycles. The molecule has 0 amide bonds. The highest BCUT2D eigenvalue weighted by Gasteiger charge is 2.22. The summed E-state index contributed by atoms with van der Waals surface area (Å²) < 4.78 is 0. The number of aliphatic hydroxyl groups is 1. The summed E-state index contributed by atoms with van der Waals surface area (Å²) >= 11 is 0. The van der Waals surface area contributed by atoms with E-state index in [1.807, 2.05) is 0 Å². The molecule has 1 rings (SSSR count). The Morgan fingerprint density at radius 3 is 2.45 bits per heavy atom. The van der Waals surface area contributed by atoms with Gasteiger partial charge in [-0.1, -0.05) is 5.11 Å². The highest BCUT2D eigenvalue weighted by atomic mass is 35.5. The van der Waals surface area contributed by atoms with Gasteiger partial charge >= 0.3 is 0 Å². The van der Waals surface area contributed by atoms with E-state index in [0.717, 1.165) is 0 Å². The standard InChI is InChI=1S/C4H8N4O.2ClH/c5-8-7-3-1-6-2-4(3)9;;/h3-4,6,9H,1-2H2;2*1H/t3-,4-;;/m1../s1. The van der Waals surface area contributed by atoms with Crippen molar-refractivity contribution in [2.45, 2.75) is 12.1 Å². The third kappa shape index (κ3) is 3.65. The Labute approximate surface area is 76.6 Å². The lowest BCUT2D eigenvalue weighted by molar-refractivity contribution is 0.179. The summed E-state index contributed by atoms with van der Waals surface area (Å²) in [5.74, 6) is 0. The van der Waals surface area contributed by atoms with Crippen LogP contribution in [0, 0.1) is 0 Å². The summed E-state index contributed by atoms with van der Waals surface area (Å²) in [6.07, 6.45) is -0.499. The van der Waals surface area contributed by atoms with Crippen LogP contribution in [0.1, 0.15) is 0 Å². The Morgan fingerprint density at radius 2 is 2.09 bits per heavy atom. The Hall–Kier alpha value is -0.190. The molecule has 7 heteroatoms. The van der Waals surface area contributed by atoms with Gasteiger partial charge in [-0.3, -0.25) is 0 Å². The van der Waals surface area contributed by atoms with Gasteiger partial charge in [0, 0.05) is 18.0 Å². The molecule has 1 aliphatic rings. The van der Waals surface area contributed by atoms with Crippen LogP contribution in [0.25, 0.3) is 10.4 Å². The molecule has 1 aliphatic heterocycles. The zero-order valence-corrected chi connectivity index (χ0v) is 7.31. The average Bonchev–Trinajstić information content (AvgIpc) is 2.18. The van der Waals surface area contributed by atoms with Crippen molar-refractivity contribution in [1.82, 2.24) is 5.32 Å². The molecule has 1 fully saturated rings. The summed E-state index contributed by atoms with van der Waals surface area (Å²) in [6.45, 7) is 1.12. The number of nitrogens with one attached hydrogen (secondary N) is 1. The SMILES string of the molecule is Cl.Cl.[N-]=[N+]=N[C@@H]1CNC[C@H]1O. The van der Waals surface area contributed by atoms with E-state index >= 15 is 0 Å². The van der Waals surface area contributed by atoms with E-state index in [1.165, 1.54) is 0 Å². The number of nitrogens with zero attached hydrogens (tertiary/aromatic N) is 3. The van der Waals surface area contributed by atoms with Crippen molar-refractivity contribution in [3.8, 4) is 0 Å². The third-order valence-corrected chi connectivity index (χ3v) is 1.35. The molecule has 5 nitrogen and oxygen atoms in total. The number of β-amino-alcohol motifs (C(OH)–C–C–N with tert-alkyl or cyclic N) is 1. The molecule has 1 heterocycles. The quantitative estimate of drug-likeness (QED) is 0.367. The van der Waals surface area contributed by atoms with Gasteiger partial charge in [0.2, 0.25) is 0 Å². The maximum absolute atomic E-state index is 8.99. The van der Waals surface area contributed by atoms with Gasteiger partial charge in [0.05, 0.1) is 12.1 Å². The molecular formula is C4H10Cl2N4O. The van der Waals surface area contributed by atoms with Crippen LogP contribution in [0.5, 0.6) is 0 Å². The van der Waals surface area contributed by atoms with Gasteiger partial charge in [0.15, 0.2) is 0 Å². The van der Waals surface area contributed by atoms with Crippen molar-refractivity contribution in [1.29, 1.82) is 0 Å². The van der Waals surface area contributed by atoms with Crippen LogP contribution < -0.4 is 5.32 Å². The molecule has 0 aromatic rings. The number of hydrogen-bond donors (Lipinski definition) is 2. The van der Waals surface area contributed by atoms with Crippen molar-refractivity contribution in [3.63, 3.8) is 0 Å². The number of halogens is 2. The lowest BCUT2D eigenvalue weighted by Crippen LogP contribution is -2.20. The zero-order valence-electron chi connectivity index (χ0n) is 5.67. The van der Waals surface area contributed by atoms with Gasteiger partial charge in [0.1, 0.15) is 0 Å². The van der Waals surface area contributed by atoms with Crippen LogP contribution in [0.4, 0.5) is 0 Å². The van der Waals surface area contributed by atoms with Crippen molar-refractivity contribution in [3.05, 3.63) is 10.4 Å². The predicted molar refractivity (Wildman–Crippen MR) is 46.3 cm³/mol. The van der Waals surface area contributed by atoms with E-state index < -0.39 is 6.10 Å². The van der Waals surface area contributed by atoms with E-state index in [9.17, 15) is 0 Å². The highest BCUT2D eigenvalue weighted by Crippen LogP contribution is 2.03. The second kappa shape index (κ2) is 6.52. The van der Waals surface area contributed by atoms with Gasteiger partial charge in [-0.15, -0.1) is 24.8 Å². The monoisotopic (exact) mass is 200 g/mol. The van der Waals surface area contributed by atoms with Crippen molar-refractivity contribution >= 4 is 24.8 Å². The molecular weight excluding hydrogens is 191 g/mol. The van der Waals surface area contributed by atoms with Gasteiger partial charge < -0.3 is 10.4 Å². The van der Waals surface area contributed by atoms with Crippen LogP contribution >= 0.6 is 24.8 Å². The van der Waals surface area contributed by atoms with Crippen LogP contribution in [-0.4, -0.2) is 30.3 Å². The third-order valence-electron chi connectivity index (χ3n) is 1.35. The van der Waals surface area contributed by atoms with Gasteiger partial charge in [-0.25, -0.2) is 0 Å². The molecule has 2 atom stereocenters. The van der Waals surface area contributed by atoms with Crippen LogP contribution in [0.2, 0.25) is 0 Å². The van der Waals surface area contributed by atoms with E-state index in [0.29, 0.717) is 13.1 Å². The van der Waals surface area contributed by atoms with Gasteiger partial charge in [-0.2, -0.15) is 0 Å². The molecule has 66 valence electrons. The maximum atomic E-state index is 8.99. The smallest absolute Gasteiger partial charge is 0.0770 e. The lowest BCUT2D eigenvalue weighted by Gasteiger charge is -2.02. The predicted octanol–water partition coefficient (Wildman–Crippen LogP) is 0.473. The number of rotatable bonds is 1. The molecule has 0 aliphatic carbocycles. The first kappa shape index (κ1) is 13.4. The van der Waals surface area contributed by atoms with E-state index in [2.05, 4.69) is 15.3 Å². The molecule has 11 heavy (non-hydrogen) atoms. The molecule has 0 saturated carbocycles. The summed E-state index contributed by atoms with van der Waals surface area (Å²) in [5.41, 5.74) is 7.96. The summed E-state index contributed by atoms with van der Waals surface area (Å²) in [6, 6.07) is -0.269. The first-order valence-electron chi connectivity index (χ1n) is 2.77. The summed E-state index contributed by atoms with van der Waals surface area (Å²) in [7, 11) is 0. The Kier molecular flexibility index (Phi) is 7.94. The zero-order chi connectivity index (χ0) is 6.69. The summed E-state index contributed by atoms with van der Waals surface area (Å²) in [5, 5.41) is 15.3. The Bertz CT molecular complexity index is 149. The first-order chi connectivity index (χ1) is 4.34. The second-order valence-electron chi connectivity index (χ2n) is 2.00. The fraction of sp³-hybridized carbons (Fsp3) is 1.00. The molecule has 0 aromatic heterocycles. The van der Waals surface area contributed by atoms with Crippen molar-refractivity contribution in [2.75, 3.05) is 13.1 Å². The first-order valence-corrected chi connectivity index (χ1v) is 2.77.